The summed E-state index contributed by atoms with van der Waals surface area (Å²) in [6.45, 7) is 3.99. The maximum absolute atomic E-state index is 13.1. The molecule has 2 aromatic heterocycles. The maximum Gasteiger partial charge on any atom is 0.273 e. The summed E-state index contributed by atoms with van der Waals surface area (Å²) in [5.41, 5.74) is 3.79. The molecule has 0 amide bonds. The van der Waals surface area contributed by atoms with Gasteiger partial charge in [-0.25, -0.2) is 8.42 Å². The summed E-state index contributed by atoms with van der Waals surface area (Å²) in [4.78, 5) is 11.0. The van der Waals surface area contributed by atoms with Gasteiger partial charge in [0, 0.05) is 23.7 Å². The Kier molecular flexibility index (Phi) is 6.19. The number of nitrogens with one attached hydrogen (secondary N) is 1. The minimum atomic E-state index is -3.61. The molecule has 4 heterocycles. The Balaban J connectivity index is 1.18. The molecule has 0 unspecified atom stereocenters. The predicted octanol–water partition coefficient (Wildman–Crippen LogP) is 5.58. The van der Waals surface area contributed by atoms with Crippen LogP contribution in [0.1, 0.15) is 24.1 Å². The highest BCUT2D eigenvalue weighted by molar-refractivity contribution is 8.15. The van der Waals surface area contributed by atoms with Crippen molar-refractivity contribution in [2.75, 3.05) is 31.0 Å². The summed E-state index contributed by atoms with van der Waals surface area (Å²) in [6.07, 6.45) is 2.23. The topological polar surface area (TPSA) is 68.8 Å². The molecule has 186 valence electrons. The third-order valence-corrected chi connectivity index (χ3v) is 11.8. The lowest BCUT2D eigenvalue weighted by Gasteiger charge is -2.38. The van der Waals surface area contributed by atoms with E-state index in [0.717, 1.165) is 60.7 Å². The number of aliphatic imine (C=N–C) groups is 1. The van der Waals surface area contributed by atoms with E-state index >= 15 is 0 Å². The van der Waals surface area contributed by atoms with Gasteiger partial charge in [-0.1, -0.05) is 60.3 Å². The van der Waals surface area contributed by atoms with Gasteiger partial charge in [-0.05, 0) is 55.1 Å². The molecule has 0 atom stereocenters. The fraction of sp³-hybridized carbons (Fsp3) is 0.296. The van der Waals surface area contributed by atoms with Gasteiger partial charge < -0.3 is 4.98 Å². The number of sulfonamides is 1. The third-order valence-electron chi connectivity index (χ3n) is 7.15. The highest BCUT2D eigenvalue weighted by atomic mass is 32.2. The highest BCUT2D eigenvalue weighted by Gasteiger charge is 2.40. The number of nitrogens with zero attached hydrogens (tertiary/aromatic N) is 3. The Hall–Kier alpha value is -2.59. The van der Waals surface area contributed by atoms with Crippen LogP contribution in [0.3, 0.4) is 0 Å². The van der Waals surface area contributed by atoms with Crippen molar-refractivity contribution in [3.63, 3.8) is 0 Å². The van der Waals surface area contributed by atoms with Crippen molar-refractivity contribution in [1.82, 2.24) is 9.88 Å². The van der Waals surface area contributed by atoms with Gasteiger partial charge in [0.25, 0.3) is 10.0 Å². The van der Waals surface area contributed by atoms with Crippen LogP contribution in [0, 0.1) is 0 Å². The van der Waals surface area contributed by atoms with Crippen LogP contribution in [0.4, 0.5) is 5.69 Å². The average Bonchev–Trinajstić information content (AvgIpc) is 3.66. The Morgan fingerprint density at radius 3 is 2.61 bits per heavy atom. The lowest BCUT2D eigenvalue weighted by Crippen LogP contribution is -2.42. The van der Waals surface area contributed by atoms with Crippen molar-refractivity contribution < 1.29 is 8.42 Å². The zero-order valence-corrected chi connectivity index (χ0v) is 22.5. The second-order valence-corrected chi connectivity index (χ2v) is 14.1. The first-order valence-electron chi connectivity index (χ1n) is 12.1. The van der Waals surface area contributed by atoms with Crippen molar-refractivity contribution in [1.29, 1.82) is 0 Å². The van der Waals surface area contributed by atoms with Gasteiger partial charge in [-0.3, -0.25) is 14.2 Å². The zero-order valence-electron chi connectivity index (χ0n) is 20.1. The standard InChI is InChI=1S/C27H28N4O2S3/c1-30(36(32,33)24-11-6-16-34-24)23-10-5-9-21-17-22(29-25(21)23)26-28-19-27(35-26)12-14-31(15-13-27)18-20-7-3-2-4-8-20/h2-11,16-17,29H,12-15,18-19H2,1H3. The van der Waals surface area contributed by atoms with Crippen LogP contribution in [-0.4, -0.2) is 54.8 Å². The largest absolute Gasteiger partial charge is 0.351 e. The first-order chi connectivity index (χ1) is 17.4. The number of hydrogen-bond donors (Lipinski definition) is 1. The molecule has 0 radical (unpaired) electrons. The number of likely N-dealkylation sites (tertiary alicyclic amines) is 1. The molecule has 1 saturated heterocycles. The van der Waals surface area contributed by atoms with Crippen LogP contribution in [0.15, 0.2) is 81.3 Å². The van der Waals surface area contributed by atoms with Crippen molar-refractivity contribution in [2.24, 2.45) is 4.99 Å². The highest BCUT2D eigenvalue weighted by Crippen LogP contribution is 2.44. The minimum absolute atomic E-state index is 0.155. The molecule has 1 N–H and O–H groups in total. The SMILES string of the molecule is CN(c1cccc2cc(C3=NCC4(CCN(Cc5ccccc5)CC4)S3)[nH]c12)S(=O)(=O)c1cccs1. The minimum Gasteiger partial charge on any atom is -0.351 e. The molecule has 6 nitrogen and oxygen atoms in total. The van der Waals surface area contributed by atoms with Crippen LogP contribution in [-0.2, 0) is 16.6 Å². The molecular formula is C27H28N4O2S3. The van der Waals surface area contributed by atoms with Gasteiger partial charge in [-0.15, -0.1) is 11.3 Å². The van der Waals surface area contributed by atoms with E-state index in [1.54, 1.807) is 24.6 Å². The number of anilines is 1. The van der Waals surface area contributed by atoms with E-state index in [-0.39, 0.29) is 4.75 Å². The molecule has 4 aromatic rings. The number of hydrogen-bond acceptors (Lipinski definition) is 6. The molecule has 1 fully saturated rings. The summed E-state index contributed by atoms with van der Waals surface area (Å²) in [5.74, 6) is 0. The number of thiophene rings is 1. The summed E-state index contributed by atoms with van der Waals surface area (Å²) in [6, 6.07) is 21.9. The number of H-pyrrole nitrogens is 1. The summed E-state index contributed by atoms with van der Waals surface area (Å²) in [7, 11) is -1.99. The van der Waals surface area contributed by atoms with Gasteiger partial charge in [0.05, 0.1) is 23.4 Å². The monoisotopic (exact) mass is 536 g/mol. The van der Waals surface area contributed by atoms with Crippen molar-refractivity contribution in [3.05, 3.63) is 83.4 Å². The summed E-state index contributed by atoms with van der Waals surface area (Å²) in [5, 5.41) is 3.79. The van der Waals surface area contributed by atoms with E-state index in [0.29, 0.717) is 9.90 Å². The van der Waals surface area contributed by atoms with Crippen molar-refractivity contribution in [3.8, 4) is 0 Å². The summed E-state index contributed by atoms with van der Waals surface area (Å²) < 4.78 is 28.1. The Bertz CT molecular complexity index is 1500. The van der Waals surface area contributed by atoms with Gasteiger partial charge in [0.2, 0.25) is 0 Å². The number of aromatic nitrogens is 1. The fourth-order valence-electron chi connectivity index (χ4n) is 5.04. The normalized spacial score (nSPS) is 18.1. The molecule has 9 heteroatoms. The maximum atomic E-state index is 13.1. The number of thioether (sulfide) groups is 1. The third kappa shape index (κ3) is 4.38. The lowest BCUT2D eigenvalue weighted by molar-refractivity contribution is 0.196. The predicted molar refractivity (Wildman–Crippen MR) is 151 cm³/mol. The van der Waals surface area contributed by atoms with Gasteiger partial charge in [0.1, 0.15) is 9.25 Å². The second kappa shape index (κ2) is 9.37. The molecule has 36 heavy (non-hydrogen) atoms. The molecule has 2 aliphatic rings. The molecule has 0 saturated carbocycles. The zero-order chi connectivity index (χ0) is 24.8. The molecule has 6 rings (SSSR count). The smallest absolute Gasteiger partial charge is 0.273 e. The Morgan fingerprint density at radius 2 is 1.86 bits per heavy atom. The first-order valence-corrected chi connectivity index (χ1v) is 15.2. The summed E-state index contributed by atoms with van der Waals surface area (Å²) >= 11 is 3.12. The quantitative estimate of drug-likeness (QED) is 0.349. The Labute approximate surface area is 220 Å². The van der Waals surface area contributed by atoms with Crippen LogP contribution >= 0.6 is 23.1 Å². The number of piperidine rings is 1. The molecular weight excluding hydrogens is 509 g/mol. The van der Waals surface area contributed by atoms with Crippen LogP contribution in [0.2, 0.25) is 0 Å². The molecule has 2 aromatic carbocycles. The number of para-hydroxylation sites is 1. The number of benzene rings is 2. The molecule has 0 bridgehead atoms. The second-order valence-electron chi connectivity index (χ2n) is 9.50. The lowest BCUT2D eigenvalue weighted by atomic mass is 9.95. The number of aromatic amines is 1. The number of rotatable bonds is 6. The van der Waals surface area contributed by atoms with Crippen LogP contribution < -0.4 is 4.31 Å². The molecule has 1 spiro atoms. The van der Waals surface area contributed by atoms with Gasteiger partial charge in [0.15, 0.2) is 0 Å². The first kappa shape index (κ1) is 23.8. The van der Waals surface area contributed by atoms with Crippen LogP contribution in [0.5, 0.6) is 0 Å². The van der Waals surface area contributed by atoms with E-state index in [9.17, 15) is 8.42 Å². The molecule has 2 aliphatic heterocycles. The number of fused-ring (bicyclic) bond motifs is 1. The van der Waals surface area contributed by atoms with E-state index in [4.69, 9.17) is 4.99 Å². The van der Waals surface area contributed by atoms with Crippen LogP contribution in [0.25, 0.3) is 10.9 Å². The van der Waals surface area contributed by atoms with E-state index in [1.807, 2.05) is 30.0 Å². The molecule has 0 aliphatic carbocycles. The van der Waals surface area contributed by atoms with E-state index < -0.39 is 10.0 Å². The van der Waals surface area contributed by atoms with Crippen molar-refractivity contribution in [2.45, 2.75) is 28.3 Å². The van der Waals surface area contributed by atoms with Gasteiger partial charge >= 0.3 is 0 Å². The van der Waals surface area contributed by atoms with Crippen molar-refractivity contribution >= 4 is 54.8 Å². The van der Waals surface area contributed by atoms with E-state index in [1.165, 1.54) is 21.2 Å². The fourth-order valence-corrected chi connectivity index (χ4v) is 8.68. The van der Waals surface area contributed by atoms with E-state index in [2.05, 4.69) is 46.3 Å². The average molecular weight is 537 g/mol. The Morgan fingerprint density at radius 1 is 1.06 bits per heavy atom. The van der Waals surface area contributed by atoms with Gasteiger partial charge in [-0.2, -0.15) is 0 Å².